The Labute approximate surface area is 148 Å². The zero-order valence-electron chi connectivity index (χ0n) is 12.8. The minimum absolute atomic E-state index is 0.264. The first kappa shape index (κ1) is 16.3. The number of fused-ring (bicyclic) bond motifs is 1. The van der Waals surface area contributed by atoms with Gasteiger partial charge in [-0.05, 0) is 42.5 Å². The lowest BCUT2D eigenvalue weighted by Gasteiger charge is -2.09. The molecule has 0 aliphatic carbocycles. The molecule has 24 heavy (non-hydrogen) atoms. The highest BCUT2D eigenvalue weighted by Gasteiger charge is 2.02. The van der Waals surface area contributed by atoms with Gasteiger partial charge in [0.2, 0.25) is 0 Å². The van der Waals surface area contributed by atoms with Gasteiger partial charge in [0.05, 0.1) is 12.1 Å². The number of halogens is 1. The van der Waals surface area contributed by atoms with E-state index in [-0.39, 0.29) is 6.03 Å². The molecule has 0 aliphatic heterocycles. The van der Waals surface area contributed by atoms with E-state index in [1.165, 1.54) is 0 Å². The third-order valence-electron chi connectivity index (χ3n) is 3.31. The fraction of sp³-hybridized carbons (Fsp3) is 0.111. The van der Waals surface area contributed by atoms with Gasteiger partial charge in [0.15, 0.2) is 0 Å². The molecule has 0 radical (unpaired) electrons. The number of carbonyl (C=O) groups excluding carboxylic acids is 1. The molecule has 0 atom stereocenters. The summed E-state index contributed by atoms with van der Waals surface area (Å²) >= 11 is 3.36. The summed E-state index contributed by atoms with van der Waals surface area (Å²) in [6.07, 6.45) is 1.76. The first-order valence-electron chi connectivity index (χ1n) is 7.49. The number of urea groups is 1. The number of nitrogens with one attached hydrogen (secondary N) is 2. The Morgan fingerprint density at radius 1 is 1.12 bits per heavy atom. The van der Waals surface area contributed by atoms with Crippen LogP contribution in [0.5, 0.6) is 5.75 Å². The van der Waals surface area contributed by atoms with Crippen molar-refractivity contribution in [2.45, 2.75) is 0 Å². The number of ether oxygens (including phenoxy) is 1. The van der Waals surface area contributed by atoms with Crippen molar-refractivity contribution in [2.24, 2.45) is 0 Å². The lowest BCUT2D eigenvalue weighted by atomic mass is 10.2. The van der Waals surface area contributed by atoms with E-state index in [0.717, 1.165) is 26.8 Å². The summed E-state index contributed by atoms with van der Waals surface area (Å²) in [5.74, 6) is 0.754. The molecule has 2 N–H and O–H groups in total. The molecule has 3 rings (SSSR count). The van der Waals surface area contributed by atoms with Crippen LogP contribution in [0.25, 0.3) is 10.9 Å². The van der Waals surface area contributed by atoms with Gasteiger partial charge in [-0.2, -0.15) is 0 Å². The van der Waals surface area contributed by atoms with Crippen LogP contribution in [0.15, 0.2) is 65.3 Å². The van der Waals surface area contributed by atoms with E-state index in [0.29, 0.717) is 13.2 Å². The molecule has 0 unspecified atom stereocenters. The van der Waals surface area contributed by atoms with Gasteiger partial charge in [-0.3, -0.25) is 4.98 Å². The van der Waals surface area contributed by atoms with Crippen LogP contribution in [-0.4, -0.2) is 24.2 Å². The van der Waals surface area contributed by atoms with Gasteiger partial charge in [-0.15, -0.1) is 0 Å². The highest BCUT2D eigenvalue weighted by molar-refractivity contribution is 9.10. The molecule has 5 nitrogen and oxygen atoms in total. The van der Waals surface area contributed by atoms with Gasteiger partial charge in [0.25, 0.3) is 0 Å². The van der Waals surface area contributed by atoms with Crippen molar-refractivity contribution in [3.8, 4) is 5.75 Å². The van der Waals surface area contributed by atoms with Crippen LogP contribution in [0.2, 0.25) is 0 Å². The van der Waals surface area contributed by atoms with Crippen molar-refractivity contribution in [1.29, 1.82) is 0 Å². The maximum absolute atomic E-state index is 11.8. The van der Waals surface area contributed by atoms with Crippen LogP contribution in [0, 0.1) is 0 Å². The van der Waals surface area contributed by atoms with Crippen LogP contribution in [0.3, 0.4) is 0 Å². The quantitative estimate of drug-likeness (QED) is 0.646. The highest BCUT2D eigenvalue weighted by atomic mass is 79.9. The number of rotatable bonds is 5. The summed E-state index contributed by atoms with van der Waals surface area (Å²) < 4.78 is 6.57. The number of carbonyl (C=O) groups is 1. The monoisotopic (exact) mass is 385 g/mol. The zero-order chi connectivity index (χ0) is 16.8. The van der Waals surface area contributed by atoms with E-state index in [1.54, 1.807) is 6.20 Å². The van der Waals surface area contributed by atoms with Crippen molar-refractivity contribution in [3.05, 3.63) is 65.3 Å². The molecule has 1 heterocycles. The fourth-order valence-electron chi connectivity index (χ4n) is 2.22. The van der Waals surface area contributed by atoms with E-state index < -0.39 is 0 Å². The summed E-state index contributed by atoms with van der Waals surface area (Å²) in [6.45, 7) is 0.794. The SMILES string of the molecule is O=C(NCCOc1ccc2ncccc2c1)Nc1cccc(Br)c1. The van der Waals surface area contributed by atoms with Crippen LogP contribution in [0.4, 0.5) is 10.5 Å². The molecule has 0 saturated heterocycles. The highest BCUT2D eigenvalue weighted by Crippen LogP contribution is 2.18. The Balaban J connectivity index is 1.45. The van der Waals surface area contributed by atoms with Gasteiger partial charge in [0.1, 0.15) is 12.4 Å². The van der Waals surface area contributed by atoms with Gasteiger partial charge < -0.3 is 15.4 Å². The molecular formula is C18H16BrN3O2. The summed E-state index contributed by atoms with van der Waals surface area (Å²) in [6, 6.07) is 16.7. The maximum atomic E-state index is 11.8. The smallest absolute Gasteiger partial charge is 0.319 e. The third kappa shape index (κ3) is 4.45. The van der Waals surface area contributed by atoms with Crippen molar-refractivity contribution in [1.82, 2.24) is 10.3 Å². The number of benzene rings is 2. The number of nitrogens with zero attached hydrogens (tertiary/aromatic N) is 1. The third-order valence-corrected chi connectivity index (χ3v) is 3.81. The summed E-state index contributed by atoms with van der Waals surface area (Å²) in [4.78, 5) is 16.1. The van der Waals surface area contributed by atoms with Gasteiger partial charge in [-0.25, -0.2) is 4.79 Å². The van der Waals surface area contributed by atoms with Gasteiger partial charge in [0, 0.05) is 21.7 Å². The molecule has 2 amide bonds. The molecule has 0 saturated carbocycles. The average Bonchev–Trinajstić information content (AvgIpc) is 2.58. The van der Waals surface area contributed by atoms with E-state index in [2.05, 4.69) is 31.5 Å². The molecule has 0 spiro atoms. The Morgan fingerprint density at radius 3 is 2.92 bits per heavy atom. The molecule has 1 aromatic heterocycles. The van der Waals surface area contributed by atoms with E-state index in [9.17, 15) is 4.79 Å². The van der Waals surface area contributed by atoms with Crippen LogP contribution in [0.1, 0.15) is 0 Å². The van der Waals surface area contributed by atoms with Gasteiger partial charge >= 0.3 is 6.03 Å². The Kier molecular flexibility index (Phi) is 5.28. The molecule has 0 aliphatic rings. The van der Waals surface area contributed by atoms with Crippen LogP contribution < -0.4 is 15.4 Å². The van der Waals surface area contributed by atoms with Gasteiger partial charge in [-0.1, -0.05) is 28.1 Å². The largest absolute Gasteiger partial charge is 0.492 e. The van der Waals surface area contributed by atoms with Crippen molar-refractivity contribution in [3.63, 3.8) is 0 Å². The predicted molar refractivity (Wildman–Crippen MR) is 98.4 cm³/mol. The van der Waals surface area contributed by atoms with E-state index >= 15 is 0 Å². The predicted octanol–water partition coefficient (Wildman–Crippen LogP) is 4.20. The Morgan fingerprint density at radius 2 is 2.04 bits per heavy atom. The minimum Gasteiger partial charge on any atom is -0.492 e. The average molecular weight is 386 g/mol. The molecular weight excluding hydrogens is 370 g/mol. The first-order valence-corrected chi connectivity index (χ1v) is 8.28. The second kappa shape index (κ2) is 7.79. The first-order chi connectivity index (χ1) is 11.7. The number of hydrogen-bond donors (Lipinski definition) is 2. The molecule has 0 fully saturated rings. The summed E-state index contributed by atoms with van der Waals surface area (Å²) in [5, 5.41) is 6.54. The van der Waals surface area contributed by atoms with Crippen LogP contribution in [-0.2, 0) is 0 Å². The number of anilines is 1. The van der Waals surface area contributed by atoms with Crippen molar-refractivity contribution < 1.29 is 9.53 Å². The number of amides is 2. The molecule has 122 valence electrons. The molecule has 2 aromatic carbocycles. The number of pyridine rings is 1. The minimum atomic E-state index is -0.264. The second-order valence-corrected chi connectivity index (χ2v) is 6.01. The van der Waals surface area contributed by atoms with Crippen molar-refractivity contribution in [2.75, 3.05) is 18.5 Å². The molecule has 6 heteroatoms. The normalized spacial score (nSPS) is 10.4. The number of aromatic nitrogens is 1. The summed E-state index contributed by atoms with van der Waals surface area (Å²) in [7, 11) is 0. The lowest BCUT2D eigenvalue weighted by Crippen LogP contribution is -2.32. The fourth-order valence-corrected chi connectivity index (χ4v) is 2.62. The Bertz CT molecular complexity index is 854. The van der Waals surface area contributed by atoms with Crippen molar-refractivity contribution >= 4 is 38.6 Å². The van der Waals surface area contributed by atoms with Crippen LogP contribution >= 0.6 is 15.9 Å². The molecule has 0 bridgehead atoms. The molecule has 3 aromatic rings. The topological polar surface area (TPSA) is 63.2 Å². The Hall–Kier alpha value is -2.60. The maximum Gasteiger partial charge on any atom is 0.319 e. The summed E-state index contributed by atoms with van der Waals surface area (Å²) in [5.41, 5.74) is 1.65. The zero-order valence-corrected chi connectivity index (χ0v) is 14.4. The standard InChI is InChI=1S/C18H16BrN3O2/c19-14-4-1-5-15(12-14)22-18(23)21-9-10-24-16-6-7-17-13(11-16)3-2-8-20-17/h1-8,11-12H,9-10H2,(H2,21,22,23). The number of hydrogen-bond acceptors (Lipinski definition) is 3. The second-order valence-electron chi connectivity index (χ2n) is 5.10. The van der Waals surface area contributed by atoms with E-state index in [4.69, 9.17) is 4.74 Å². The van der Waals surface area contributed by atoms with E-state index in [1.807, 2.05) is 54.6 Å². The lowest BCUT2D eigenvalue weighted by molar-refractivity contribution is 0.247.